The summed E-state index contributed by atoms with van der Waals surface area (Å²) in [5.74, 6) is 0. The molecule has 0 saturated carbocycles. The molecule has 1 aliphatic heterocycles. The molecule has 76 valence electrons. The minimum atomic E-state index is -0.179. The Kier molecular flexibility index (Phi) is 2.57. The van der Waals surface area contributed by atoms with Crippen molar-refractivity contribution in [3.05, 3.63) is 35.4 Å². The third kappa shape index (κ3) is 1.68. The smallest absolute Gasteiger partial charge is 0.184 e. The monoisotopic (exact) mass is 192 g/mol. The SMILES string of the molecule is Cc1ccccc1C1OC(C)C(C)O1. The second-order valence-electron chi connectivity index (χ2n) is 3.87. The Morgan fingerprint density at radius 3 is 2.14 bits per heavy atom. The Morgan fingerprint density at radius 2 is 1.57 bits per heavy atom. The predicted octanol–water partition coefficient (Wildman–Crippen LogP) is 2.82. The lowest BCUT2D eigenvalue weighted by Crippen LogP contribution is -2.13. The summed E-state index contributed by atoms with van der Waals surface area (Å²) in [7, 11) is 0. The second kappa shape index (κ2) is 3.71. The van der Waals surface area contributed by atoms with Crippen LogP contribution in [0, 0.1) is 6.92 Å². The predicted molar refractivity (Wildman–Crippen MR) is 55.0 cm³/mol. The largest absolute Gasteiger partial charge is 0.343 e. The van der Waals surface area contributed by atoms with Crippen LogP contribution in [0.5, 0.6) is 0 Å². The van der Waals surface area contributed by atoms with Crippen LogP contribution in [0.15, 0.2) is 24.3 Å². The number of hydrogen-bond donors (Lipinski definition) is 0. The average molecular weight is 192 g/mol. The molecule has 2 atom stereocenters. The summed E-state index contributed by atoms with van der Waals surface area (Å²) in [4.78, 5) is 0. The summed E-state index contributed by atoms with van der Waals surface area (Å²) in [6.07, 6.45) is 0.181. The van der Waals surface area contributed by atoms with E-state index >= 15 is 0 Å². The quantitative estimate of drug-likeness (QED) is 0.681. The van der Waals surface area contributed by atoms with E-state index in [-0.39, 0.29) is 18.5 Å². The molecule has 0 aromatic heterocycles. The van der Waals surface area contributed by atoms with Crippen molar-refractivity contribution in [2.75, 3.05) is 0 Å². The zero-order valence-electron chi connectivity index (χ0n) is 8.86. The van der Waals surface area contributed by atoms with Crippen LogP contribution in [0.1, 0.15) is 31.3 Å². The van der Waals surface area contributed by atoms with E-state index in [4.69, 9.17) is 9.47 Å². The van der Waals surface area contributed by atoms with Gasteiger partial charge in [0.05, 0.1) is 12.2 Å². The fraction of sp³-hybridized carbons (Fsp3) is 0.500. The minimum Gasteiger partial charge on any atom is -0.343 e. The Hall–Kier alpha value is -0.860. The summed E-state index contributed by atoms with van der Waals surface area (Å²) in [5.41, 5.74) is 2.36. The first-order valence-corrected chi connectivity index (χ1v) is 5.05. The maximum absolute atomic E-state index is 5.72. The molecule has 0 bridgehead atoms. The van der Waals surface area contributed by atoms with Crippen molar-refractivity contribution < 1.29 is 9.47 Å². The third-order valence-corrected chi connectivity index (χ3v) is 2.78. The molecule has 0 amide bonds. The first-order valence-electron chi connectivity index (χ1n) is 5.05. The molecule has 1 aromatic rings. The summed E-state index contributed by atoms with van der Waals surface area (Å²) in [5, 5.41) is 0. The summed E-state index contributed by atoms with van der Waals surface area (Å²) in [6.45, 7) is 6.17. The van der Waals surface area contributed by atoms with E-state index in [1.807, 2.05) is 26.0 Å². The number of ether oxygens (including phenoxy) is 2. The van der Waals surface area contributed by atoms with Gasteiger partial charge in [0.25, 0.3) is 0 Å². The molecule has 0 spiro atoms. The summed E-state index contributed by atoms with van der Waals surface area (Å²) < 4.78 is 11.4. The fourth-order valence-electron chi connectivity index (χ4n) is 1.64. The molecular formula is C12H16O2. The highest BCUT2D eigenvalue weighted by Gasteiger charge is 2.31. The third-order valence-electron chi connectivity index (χ3n) is 2.78. The van der Waals surface area contributed by atoms with Gasteiger partial charge in [0.15, 0.2) is 6.29 Å². The molecule has 2 rings (SSSR count). The van der Waals surface area contributed by atoms with E-state index in [9.17, 15) is 0 Å². The van der Waals surface area contributed by atoms with Crippen LogP contribution in [0.4, 0.5) is 0 Å². The zero-order valence-corrected chi connectivity index (χ0v) is 8.86. The van der Waals surface area contributed by atoms with Crippen LogP contribution < -0.4 is 0 Å². The van der Waals surface area contributed by atoms with E-state index in [2.05, 4.69) is 19.1 Å². The highest BCUT2D eigenvalue weighted by Crippen LogP contribution is 2.32. The maximum Gasteiger partial charge on any atom is 0.184 e. The van der Waals surface area contributed by atoms with Crippen LogP contribution in [0.3, 0.4) is 0 Å². The molecule has 1 heterocycles. The molecule has 14 heavy (non-hydrogen) atoms. The first-order chi connectivity index (χ1) is 6.68. The fourth-order valence-corrected chi connectivity index (χ4v) is 1.64. The van der Waals surface area contributed by atoms with Crippen LogP contribution in [-0.2, 0) is 9.47 Å². The van der Waals surface area contributed by atoms with Gasteiger partial charge in [0, 0.05) is 5.56 Å². The molecule has 1 aromatic carbocycles. The normalized spacial score (nSPS) is 32.1. The van der Waals surface area contributed by atoms with Gasteiger partial charge in [-0.15, -0.1) is 0 Å². The Morgan fingerprint density at radius 1 is 1.00 bits per heavy atom. The van der Waals surface area contributed by atoms with Crippen molar-refractivity contribution >= 4 is 0 Å². The number of rotatable bonds is 1. The standard InChI is InChI=1S/C12H16O2/c1-8-6-4-5-7-11(8)12-13-9(2)10(3)14-12/h4-7,9-10,12H,1-3H3. The molecular weight excluding hydrogens is 176 g/mol. The van der Waals surface area contributed by atoms with Crippen molar-refractivity contribution in [2.24, 2.45) is 0 Å². The molecule has 1 aliphatic rings. The van der Waals surface area contributed by atoms with Gasteiger partial charge in [-0.3, -0.25) is 0 Å². The number of aryl methyl sites for hydroxylation is 1. The van der Waals surface area contributed by atoms with Gasteiger partial charge in [-0.1, -0.05) is 24.3 Å². The molecule has 1 fully saturated rings. The highest BCUT2D eigenvalue weighted by atomic mass is 16.7. The maximum atomic E-state index is 5.72. The molecule has 0 aliphatic carbocycles. The van der Waals surface area contributed by atoms with Crippen LogP contribution in [-0.4, -0.2) is 12.2 Å². The van der Waals surface area contributed by atoms with Crippen LogP contribution in [0.25, 0.3) is 0 Å². The van der Waals surface area contributed by atoms with Gasteiger partial charge in [0.2, 0.25) is 0 Å². The molecule has 0 N–H and O–H groups in total. The Balaban J connectivity index is 2.21. The van der Waals surface area contributed by atoms with Gasteiger partial charge < -0.3 is 9.47 Å². The molecule has 1 saturated heterocycles. The lowest BCUT2D eigenvalue weighted by Gasteiger charge is -2.12. The van der Waals surface area contributed by atoms with Crippen LogP contribution >= 0.6 is 0 Å². The Labute approximate surface area is 84.8 Å². The van der Waals surface area contributed by atoms with Crippen molar-refractivity contribution in [3.8, 4) is 0 Å². The zero-order chi connectivity index (χ0) is 10.1. The highest BCUT2D eigenvalue weighted by molar-refractivity contribution is 5.27. The van der Waals surface area contributed by atoms with E-state index < -0.39 is 0 Å². The second-order valence-corrected chi connectivity index (χ2v) is 3.87. The lowest BCUT2D eigenvalue weighted by atomic mass is 10.1. The number of hydrogen-bond acceptors (Lipinski definition) is 2. The van der Waals surface area contributed by atoms with E-state index in [0.29, 0.717) is 0 Å². The number of benzene rings is 1. The molecule has 2 unspecified atom stereocenters. The van der Waals surface area contributed by atoms with E-state index in [0.717, 1.165) is 5.56 Å². The Bertz CT molecular complexity index is 312. The topological polar surface area (TPSA) is 18.5 Å². The average Bonchev–Trinajstić information content (AvgIpc) is 2.48. The van der Waals surface area contributed by atoms with Crippen molar-refractivity contribution in [3.63, 3.8) is 0 Å². The van der Waals surface area contributed by atoms with Crippen molar-refractivity contribution in [1.29, 1.82) is 0 Å². The van der Waals surface area contributed by atoms with E-state index in [1.165, 1.54) is 5.56 Å². The summed E-state index contributed by atoms with van der Waals surface area (Å²) >= 11 is 0. The first kappa shape index (κ1) is 9.69. The van der Waals surface area contributed by atoms with E-state index in [1.54, 1.807) is 0 Å². The molecule has 2 heteroatoms. The molecule has 2 nitrogen and oxygen atoms in total. The van der Waals surface area contributed by atoms with Gasteiger partial charge in [-0.2, -0.15) is 0 Å². The van der Waals surface area contributed by atoms with Crippen molar-refractivity contribution in [2.45, 2.75) is 39.3 Å². The molecule has 0 radical (unpaired) electrons. The van der Waals surface area contributed by atoms with Gasteiger partial charge in [0.1, 0.15) is 0 Å². The van der Waals surface area contributed by atoms with Gasteiger partial charge in [-0.25, -0.2) is 0 Å². The van der Waals surface area contributed by atoms with Gasteiger partial charge >= 0.3 is 0 Å². The van der Waals surface area contributed by atoms with Crippen LogP contribution in [0.2, 0.25) is 0 Å². The minimum absolute atomic E-state index is 0.179. The lowest BCUT2D eigenvalue weighted by molar-refractivity contribution is -0.0656. The summed E-state index contributed by atoms with van der Waals surface area (Å²) in [6, 6.07) is 8.18. The van der Waals surface area contributed by atoms with Crippen molar-refractivity contribution in [1.82, 2.24) is 0 Å². The van der Waals surface area contributed by atoms with Gasteiger partial charge in [-0.05, 0) is 26.3 Å².